The Morgan fingerprint density at radius 1 is 1.07 bits per heavy atom. The van der Waals surface area contributed by atoms with Gasteiger partial charge in [0, 0.05) is 23.3 Å². The normalized spacial score (nSPS) is 12.3. The Labute approximate surface area is 167 Å². The van der Waals surface area contributed by atoms with Crippen LogP contribution < -0.4 is 5.32 Å². The summed E-state index contributed by atoms with van der Waals surface area (Å²) >= 11 is 0. The fraction of sp³-hybridized carbons (Fsp3) is 0.136. The molecule has 4 aromatic heterocycles. The van der Waals surface area contributed by atoms with Gasteiger partial charge >= 0.3 is 0 Å². The zero-order valence-electron chi connectivity index (χ0n) is 16.1. The monoisotopic (exact) mass is 381 g/mol. The number of rotatable bonds is 4. The molecule has 0 spiro atoms. The number of nitrogens with one attached hydrogen (secondary N) is 2. The molecular formula is C22H19N7. The van der Waals surface area contributed by atoms with E-state index in [-0.39, 0.29) is 6.04 Å². The van der Waals surface area contributed by atoms with E-state index >= 15 is 0 Å². The second kappa shape index (κ2) is 6.94. The van der Waals surface area contributed by atoms with E-state index in [1.54, 1.807) is 12.5 Å². The molecule has 0 aliphatic carbocycles. The number of nitrogens with zero attached hydrogens (tertiary/aromatic N) is 5. The lowest BCUT2D eigenvalue weighted by molar-refractivity contribution is 0.837. The number of aromatic nitrogens is 6. The van der Waals surface area contributed by atoms with Crippen LogP contribution in [0.3, 0.4) is 0 Å². The molecule has 0 radical (unpaired) electrons. The third-order valence-corrected chi connectivity index (χ3v) is 5.04. The van der Waals surface area contributed by atoms with Crippen molar-refractivity contribution in [2.45, 2.75) is 19.9 Å². The number of pyridine rings is 2. The van der Waals surface area contributed by atoms with Crippen LogP contribution in [0.25, 0.3) is 33.2 Å². The molecule has 1 aromatic carbocycles. The Bertz CT molecular complexity index is 1310. The first kappa shape index (κ1) is 17.2. The predicted octanol–water partition coefficient (Wildman–Crippen LogP) is 4.44. The van der Waals surface area contributed by atoms with E-state index in [0.717, 1.165) is 33.2 Å². The summed E-state index contributed by atoms with van der Waals surface area (Å²) in [5.41, 5.74) is 5.46. The number of hydrogen-bond acceptors (Lipinski definition) is 6. The van der Waals surface area contributed by atoms with Crippen LogP contribution in [-0.4, -0.2) is 29.9 Å². The fourth-order valence-corrected chi connectivity index (χ4v) is 3.60. The van der Waals surface area contributed by atoms with Gasteiger partial charge in [-0.3, -0.25) is 4.98 Å². The van der Waals surface area contributed by atoms with Crippen molar-refractivity contribution in [2.24, 2.45) is 0 Å². The van der Waals surface area contributed by atoms with Crippen molar-refractivity contribution in [1.29, 1.82) is 0 Å². The molecule has 0 bridgehead atoms. The molecule has 4 heterocycles. The van der Waals surface area contributed by atoms with Crippen LogP contribution in [0, 0.1) is 6.92 Å². The first-order chi connectivity index (χ1) is 14.2. The van der Waals surface area contributed by atoms with Gasteiger partial charge < -0.3 is 10.3 Å². The highest BCUT2D eigenvalue weighted by molar-refractivity contribution is 5.97. The summed E-state index contributed by atoms with van der Waals surface area (Å²) in [6.07, 6.45) is 6.76. The Hall–Kier alpha value is -3.87. The lowest BCUT2D eigenvalue weighted by atomic mass is 9.99. The van der Waals surface area contributed by atoms with Crippen molar-refractivity contribution in [3.63, 3.8) is 0 Å². The number of aryl methyl sites for hydroxylation is 1. The third-order valence-electron chi connectivity index (χ3n) is 5.04. The number of anilines is 1. The Balaban J connectivity index is 1.62. The summed E-state index contributed by atoms with van der Waals surface area (Å²) in [5.74, 6) is 0.703. The average Bonchev–Trinajstić information content (AvgIpc) is 3.24. The summed E-state index contributed by atoms with van der Waals surface area (Å²) in [5, 5.41) is 5.74. The number of benzene rings is 1. The predicted molar refractivity (Wildman–Crippen MR) is 113 cm³/mol. The van der Waals surface area contributed by atoms with Crippen LogP contribution in [-0.2, 0) is 0 Å². The largest absolute Gasteiger partial charge is 0.360 e. The van der Waals surface area contributed by atoms with E-state index in [0.29, 0.717) is 11.5 Å². The van der Waals surface area contributed by atoms with Crippen LogP contribution >= 0.6 is 0 Å². The maximum Gasteiger partial charge on any atom is 0.182 e. The van der Waals surface area contributed by atoms with E-state index in [2.05, 4.69) is 68.3 Å². The van der Waals surface area contributed by atoms with Gasteiger partial charge in [-0.15, -0.1) is 0 Å². The molecular weight excluding hydrogens is 362 g/mol. The standard InChI is InChI=1S/C22H19N7/c1-13-5-3-6-15-9-17(29-19(18(13)15)16-7-4-8-23-10-16)14(2)28-22-20-21(25-11-24-20)26-12-27-22/h3-12,14H,1-2H3,(H2,24,25,26,27,28)/t14-/m0/s1. The minimum absolute atomic E-state index is 0.0725. The van der Waals surface area contributed by atoms with E-state index in [1.165, 1.54) is 11.9 Å². The molecule has 7 heteroatoms. The van der Waals surface area contributed by atoms with Gasteiger partial charge in [0.1, 0.15) is 11.8 Å². The van der Waals surface area contributed by atoms with E-state index < -0.39 is 0 Å². The third kappa shape index (κ3) is 3.06. The Kier molecular flexibility index (Phi) is 4.13. The van der Waals surface area contributed by atoms with Crippen LogP contribution in [0.5, 0.6) is 0 Å². The molecule has 0 fully saturated rings. The van der Waals surface area contributed by atoms with Crippen LogP contribution in [0.15, 0.2) is 61.4 Å². The van der Waals surface area contributed by atoms with E-state index in [9.17, 15) is 0 Å². The maximum atomic E-state index is 5.02. The number of H-pyrrole nitrogens is 1. The molecule has 0 aliphatic rings. The van der Waals surface area contributed by atoms with Crippen molar-refractivity contribution < 1.29 is 0 Å². The van der Waals surface area contributed by atoms with Crippen molar-refractivity contribution in [3.05, 3.63) is 72.7 Å². The topological polar surface area (TPSA) is 92.3 Å². The highest BCUT2D eigenvalue weighted by Gasteiger charge is 2.16. The number of hydrogen-bond donors (Lipinski definition) is 2. The van der Waals surface area contributed by atoms with Crippen molar-refractivity contribution in [3.8, 4) is 11.3 Å². The van der Waals surface area contributed by atoms with Gasteiger partial charge in [0.15, 0.2) is 11.5 Å². The molecule has 142 valence electrons. The highest BCUT2D eigenvalue weighted by atomic mass is 15.1. The second-order valence-corrected chi connectivity index (χ2v) is 7.00. The first-order valence-electron chi connectivity index (χ1n) is 9.42. The lowest BCUT2D eigenvalue weighted by Crippen LogP contribution is -2.11. The van der Waals surface area contributed by atoms with Crippen LogP contribution in [0.4, 0.5) is 5.82 Å². The molecule has 0 saturated heterocycles. The zero-order chi connectivity index (χ0) is 19.8. The minimum atomic E-state index is -0.0725. The lowest BCUT2D eigenvalue weighted by Gasteiger charge is -2.17. The summed E-state index contributed by atoms with van der Waals surface area (Å²) in [6.45, 7) is 4.18. The van der Waals surface area contributed by atoms with E-state index in [1.807, 2.05) is 18.3 Å². The molecule has 1 atom stereocenters. The van der Waals surface area contributed by atoms with Crippen LogP contribution in [0.1, 0.15) is 24.2 Å². The first-order valence-corrected chi connectivity index (χ1v) is 9.42. The van der Waals surface area contributed by atoms with E-state index in [4.69, 9.17) is 4.98 Å². The van der Waals surface area contributed by atoms with Gasteiger partial charge in [0.25, 0.3) is 0 Å². The van der Waals surface area contributed by atoms with Gasteiger partial charge in [-0.2, -0.15) is 0 Å². The molecule has 2 N–H and O–H groups in total. The summed E-state index contributed by atoms with van der Waals surface area (Å²) in [7, 11) is 0. The molecule has 7 nitrogen and oxygen atoms in total. The summed E-state index contributed by atoms with van der Waals surface area (Å²) in [6, 6.07) is 12.3. The summed E-state index contributed by atoms with van der Waals surface area (Å²) < 4.78 is 0. The van der Waals surface area contributed by atoms with Gasteiger partial charge in [0.2, 0.25) is 0 Å². The molecule has 0 aliphatic heterocycles. The Morgan fingerprint density at radius 2 is 2.00 bits per heavy atom. The highest BCUT2D eigenvalue weighted by Crippen LogP contribution is 2.32. The van der Waals surface area contributed by atoms with Crippen molar-refractivity contribution in [1.82, 2.24) is 29.9 Å². The average molecular weight is 381 g/mol. The number of imidazole rings is 1. The number of fused-ring (bicyclic) bond motifs is 2. The summed E-state index contributed by atoms with van der Waals surface area (Å²) in [4.78, 5) is 25.1. The zero-order valence-corrected chi connectivity index (χ0v) is 16.1. The molecule has 29 heavy (non-hydrogen) atoms. The SMILES string of the molecule is Cc1cccc2cc([C@H](C)Nc3ncnc4nc[nH]c34)nc(-c3cccnc3)c12. The maximum absolute atomic E-state index is 5.02. The molecule has 5 aromatic rings. The Morgan fingerprint density at radius 3 is 2.86 bits per heavy atom. The smallest absolute Gasteiger partial charge is 0.182 e. The van der Waals surface area contributed by atoms with Gasteiger partial charge in [-0.1, -0.05) is 18.2 Å². The number of aromatic amines is 1. The van der Waals surface area contributed by atoms with Gasteiger partial charge in [0.05, 0.1) is 23.8 Å². The molecule has 5 rings (SSSR count). The minimum Gasteiger partial charge on any atom is -0.360 e. The quantitative estimate of drug-likeness (QED) is 0.478. The fourth-order valence-electron chi connectivity index (χ4n) is 3.60. The van der Waals surface area contributed by atoms with Crippen LogP contribution in [0.2, 0.25) is 0 Å². The molecule has 0 saturated carbocycles. The second-order valence-electron chi connectivity index (χ2n) is 7.00. The van der Waals surface area contributed by atoms with Gasteiger partial charge in [-0.05, 0) is 43.0 Å². The van der Waals surface area contributed by atoms with Gasteiger partial charge in [-0.25, -0.2) is 19.9 Å². The molecule has 0 unspecified atom stereocenters. The molecule has 0 amide bonds. The van der Waals surface area contributed by atoms with Crippen molar-refractivity contribution in [2.75, 3.05) is 5.32 Å². The van der Waals surface area contributed by atoms with Crippen molar-refractivity contribution >= 4 is 27.8 Å².